The maximum absolute atomic E-state index is 12.5. The van der Waals surface area contributed by atoms with E-state index < -0.39 is 10.0 Å². The van der Waals surface area contributed by atoms with Crippen molar-refractivity contribution in [2.45, 2.75) is 44.0 Å². The molecule has 1 amide bonds. The van der Waals surface area contributed by atoms with Crippen molar-refractivity contribution < 1.29 is 27.2 Å². The summed E-state index contributed by atoms with van der Waals surface area (Å²) in [7, 11) is -2.43. The third-order valence-electron chi connectivity index (χ3n) is 4.35. The molecule has 0 radical (unpaired) electrons. The molecular formula is C20H26N2O6S. The normalized spacial score (nSPS) is 11.2. The van der Waals surface area contributed by atoms with Crippen molar-refractivity contribution in [1.29, 1.82) is 0 Å². The highest BCUT2D eigenvalue weighted by atomic mass is 32.2. The molecule has 0 spiro atoms. The van der Waals surface area contributed by atoms with Gasteiger partial charge in [-0.1, -0.05) is 12.5 Å². The zero-order valence-electron chi connectivity index (χ0n) is 16.6. The Hall–Kier alpha value is -2.65. The first-order chi connectivity index (χ1) is 13.8. The van der Waals surface area contributed by atoms with E-state index in [-0.39, 0.29) is 23.3 Å². The number of carbonyl (C=O) groups excluding carboxylic acids is 2. The summed E-state index contributed by atoms with van der Waals surface area (Å²) in [6.45, 7) is 2.21. The Morgan fingerprint density at radius 2 is 1.93 bits per heavy atom. The largest absolute Gasteiger partial charge is 0.469 e. The molecule has 29 heavy (non-hydrogen) atoms. The second-order valence-corrected chi connectivity index (χ2v) is 8.29. The molecule has 0 aliphatic heterocycles. The molecule has 0 aliphatic carbocycles. The molecule has 0 aliphatic rings. The number of ether oxygens (including phenoxy) is 1. The SMILES string of the molecule is COC(=O)CCCCCNC(=O)c1cc(S(=O)(=O)NCc2ccco2)ccc1C. The van der Waals surface area contributed by atoms with Gasteiger partial charge in [0.2, 0.25) is 10.0 Å². The molecule has 2 N–H and O–H groups in total. The molecule has 0 atom stereocenters. The van der Waals surface area contributed by atoms with Crippen molar-refractivity contribution in [3.05, 3.63) is 53.5 Å². The van der Waals surface area contributed by atoms with Gasteiger partial charge in [0.1, 0.15) is 5.76 Å². The molecule has 8 nitrogen and oxygen atoms in total. The number of methoxy groups -OCH3 is 1. The van der Waals surface area contributed by atoms with Gasteiger partial charge in [-0.3, -0.25) is 9.59 Å². The van der Waals surface area contributed by atoms with Crippen LogP contribution in [0.2, 0.25) is 0 Å². The van der Waals surface area contributed by atoms with Gasteiger partial charge < -0.3 is 14.5 Å². The Morgan fingerprint density at radius 1 is 1.14 bits per heavy atom. The topological polar surface area (TPSA) is 115 Å². The van der Waals surface area contributed by atoms with Gasteiger partial charge in [0, 0.05) is 18.5 Å². The number of carbonyl (C=O) groups is 2. The number of furan rings is 1. The molecule has 1 heterocycles. The Bertz CT molecular complexity index is 922. The molecule has 0 bridgehead atoms. The number of sulfonamides is 1. The lowest BCUT2D eigenvalue weighted by atomic mass is 10.1. The van der Waals surface area contributed by atoms with E-state index in [0.29, 0.717) is 42.7 Å². The maximum atomic E-state index is 12.5. The molecule has 0 fully saturated rings. The summed E-state index contributed by atoms with van der Waals surface area (Å²) in [6.07, 6.45) is 4.00. The van der Waals surface area contributed by atoms with Gasteiger partial charge >= 0.3 is 5.97 Å². The van der Waals surface area contributed by atoms with Crippen LogP contribution in [0.5, 0.6) is 0 Å². The fourth-order valence-corrected chi connectivity index (χ4v) is 3.66. The van der Waals surface area contributed by atoms with E-state index in [1.54, 1.807) is 25.1 Å². The summed E-state index contributed by atoms with van der Waals surface area (Å²) >= 11 is 0. The van der Waals surface area contributed by atoms with Crippen LogP contribution < -0.4 is 10.0 Å². The Kier molecular flexibility index (Phi) is 8.41. The van der Waals surface area contributed by atoms with Crippen molar-refractivity contribution in [3.63, 3.8) is 0 Å². The van der Waals surface area contributed by atoms with Gasteiger partial charge in [-0.2, -0.15) is 0 Å². The lowest BCUT2D eigenvalue weighted by Gasteiger charge is -2.11. The van der Waals surface area contributed by atoms with Crippen LogP contribution in [0.3, 0.4) is 0 Å². The minimum Gasteiger partial charge on any atom is -0.469 e. The molecule has 0 saturated carbocycles. The number of esters is 1. The zero-order valence-corrected chi connectivity index (χ0v) is 17.4. The lowest BCUT2D eigenvalue weighted by Crippen LogP contribution is -2.27. The maximum Gasteiger partial charge on any atom is 0.305 e. The summed E-state index contributed by atoms with van der Waals surface area (Å²) < 4.78 is 37.2. The lowest BCUT2D eigenvalue weighted by molar-refractivity contribution is -0.140. The monoisotopic (exact) mass is 422 g/mol. The highest BCUT2D eigenvalue weighted by molar-refractivity contribution is 7.89. The van der Waals surface area contributed by atoms with Gasteiger partial charge in [0.25, 0.3) is 5.91 Å². The number of amides is 1. The second kappa shape index (κ2) is 10.8. The summed E-state index contributed by atoms with van der Waals surface area (Å²) in [5.41, 5.74) is 0.985. The van der Waals surface area contributed by atoms with Crippen molar-refractivity contribution >= 4 is 21.9 Å². The highest BCUT2D eigenvalue weighted by Gasteiger charge is 2.18. The number of aryl methyl sites for hydroxylation is 1. The van der Waals surface area contributed by atoms with Crippen LogP contribution in [0.15, 0.2) is 45.9 Å². The van der Waals surface area contributed by atoms with Crippen LogP contribution in [-0.2, 0) is 26.1 Å². The summed E-state index contributed by atoms with van der Waals surface area (Å²) in [6, 6.07) is 7.78. The average Bonchev–Trinajstić information content (AvgIpc) is 3.22. The molecule has 9 heteroatoms. The highest BCUT2D eigenvalue weighted by Crippen LogP contribution is 2.16. The van der Waals surface area contributed by atoms with Crippen molar-refractivity contribution in [2.24, 2.45) is 0 Å². The fraction of sp³-hybridized carbons (Fsp3) is 0.400. The van der Waals surface area contributed by atoms with E-state index in [1.807, 2.05) is 0 Å². The zero-order chi connectivity index (χ0) is 21.3. The first-order valence-electron chi connectivity index (χ1n) is 9.31. The number of rotatable bonds is 11. The van der Waals surface area contributed by atoms with Crippen molar-refractivity contribution in [2.75, 3.05) is 13.7 Å². The Balaban J connectivity index is 1.91. The standard InChI is InChI=1S/C20H26N2O6S/c1-15-9-10-17(29(25,26)22-14-16-7-6-12-28-16)13-18(15)20(24)21-11-5-3-4-8-19(23)27-2/h6-7,9-10,12-13,22H,3-5,8,11,14H2,1-2H3,(H,21,24). The molecule has 0 saturated heterocycles. The first-order valence-corrected chi connectivity index (χ1v) is 10.8. The van der Waals surface area contributed by atoms with Crippen LogP contribution in [0, 0.1) is 6.92 Å². The quantitative estimate of drug-likeness (QED) is 0.425. The molecule has 1 aromatic carbocycles. The van der Waals surface area contributed by atoms with E-state index in [1.165, 1.54) is 25.5 Å². The van der Waals surface area contributed by atoms with E-state index in [4.69, 9.17) is 4.42 Å². The first kappa shape index (κ1) is 22.6. The summed E-state index contributed by atoms with van der Waals surface area (Å²) in [5, 5.41) is 2.79. The van der Waals surface area contributed by atoms with Crippen LogP contribution in [0.4, 0.5) is 0 Å². The number of benzene rings is 1. The van der Waals surface area contributed by atoms with E-state index in [2.05, 4.69) is 14.8 Å². The van der Waals surface area contributed by atoms with E-state index in [0.717, 1.165) is 6.42 Å². The molecule has 2 rings (SSSR count). The summed E-state index contributed by atoms with van der Waals surface area (Å²) in [4.78, 5) is 23.5. The predicted molar refractivity (Wildman–Crippen MR) is 107 cm³/mol. The van der Waals surface area contributed by atoms with Crippen LogP contribution in [0.1, 0.15) is 47.4 Å². The molecule has 2 aromatic rings. The van der Waals surface area contributed by atoms with Gasteiger partial charge in [0.15, 0.2) is 0 Å². The number of hydrogen-bond donors (Lipinski definition) is 2. The molecular weight excluding hydrogens is 396 g/mol. The van der Waals surface area contributed by atoms with Gasteiger partial charge in [-0.25, -0.2) is 13.1 Å². The van der Waals surface area contributed by atoms with Gasteiger partial charge in [-0.15, -0.1) is 0 Å². The number of unbranched alkanes of at least 4 members (excludes halogenated alkanes) is 2. The van der Waals surface area contributed by atoms with Crippen molar-refractivity contribution in [3.8, 4) is 0 Å². The second-order valence-electron chi connectivity index (χ2n) is 6.52. The van der Waals surface area contributed by atoms with E-state index >= 15 is 0 Å². The predicted octanol–water partition coefficient (Wildman–Crippen LogP) is 2.53. The number of nitrogens with one attached hydrogen (secondary N) is 2. The molecule has 1 aromatic heterocycles. The Labute approximate surface area is 170 Å². The van der Waals surface area contributed by atoms with Gasteiger partial charge in [0.05, 0.1) is 24.8 Å². The minimum absolute atomic E-state index is 0.0119. The number of hydrogen-bond acceptors (Lipinski definition) is 6. The van der Waals surface area contributed by atoms with Gasteiger partial charge in [-0.05, 0) is 49.6 Å². The fourth-order valence-electron chi connectivity index (χ4n) is 2.65. The minimum atomic E-state index is -3.79. The third-order valence-corrected chi connectivity index (χ3v) is 5.75. The summed E-state index contributed by atoms with van der Waals surface area (Å²) in [5.74, 6) is -0.0900. The Morgan fingerprint density at radius 3 is 2.62 bits per heavy atom. The van der Waals surface area contributed by atoms with E-state index in [9.17, 15) is 18.0 Å². The van der Waals surface area contributed by atoms with Crippen LogP contribution >= 0.6 is 0 Å². The van der Waals surface area contributed by atoms with Crippen LogP contribution in [0.25, 0.3) is 0 Å². The van der Waals surface area contributed by atoms with Crippen LogP contribution in [-0.4, -0.2) is 33.9 Å². The van der Waals surface area contributed by atoms with Crippen molar-refractivity contribution in [1.82, 2.24) is 10.0 Å². The smallest absolute Gasteiger partial charge is 0.305 e. The molecule has 158 valence electrons. The molecule has 0 unspecified atom stereocenters. The third kappa shape index (κ3) is 7.03. The average molecular weight is 423 g/mol.